The van der Waals surface area contributed by atoms with Crippen LogP contribution in [-0.4, -0.2) is 22.6 Å². The van der Waals surface area contributed by atoms with Gasteiger partial charge < -0.3 is 16.6 Å². The summed E-state index contributed by atoms with van der Waals surface area (Å²) in [6.45, 7) is 0.166. The van der Waals surface area contributed by atoms with Gasteiger partial charge in [0.05, 0.1) is 5.56 Å². The Labute approximate surface area is 117 Å². The predicted octanol–water partition coefficient (Wildman–Crippen LogP) is 1.35. The molecule has 0 aliphatic heterocycles. The van der Waals surface area contributed by atoms with Crippen molar-refractivity contribution in [3.63, 3.8) is 0 Å². The van der Waals surface area contributed by atoms with Gasteiger partial charge in [-0.3, -0.25) is 4.79 Å². The first-order valence-corrected chi connectivity index (χ1v) is 6.37. The molecule has 0 fully saturated rings. The Balaban J connectivity index is 2.36. The fourth-order valence-corrected chi connectivity index (χ4v) is 2.02. The van der Waals surface area contributed by atoms with E-state index in [1.165, 1.54) is 0 Å². The Morgan fingerprint density at radius 1 is 1.25 bits per heavy atom. The average molecular weight is 271 g/mol. The molecule has 1 heterocycles. The SMILES string of the molecule is NC(=O)c1cc(-c2cccc(CCCO)c2)cnc1N. The molecule has 1 aromatic heterocycles. The molecular formula is C15H17N3O2. The number of aliphatic hydroxyl groups excluding tert-OH is 1. The molecule has 1 aromatic carbocycles. The molecule has 5 N–H and O–H groups in total. The Kier molecular flexibility index (Phi) is 4.32. The van der Waals surface area contributed by atoms with Crippen LogP contribution in [0.3, 0.4) is 0 Å². The fourth-order valence-electron chi connectivity index (χ4n) is 2.02. The predicted molar refractivity (Wildman–Crippen MR) is 78.0 cm³/mol. The molecule has 20 heavy (non-hydrogen) atoms. The number of rotatable bonds is 5. The fraction of sp³-hybridized carbons (Fsp3) is 0.200. The average Bonchev–Trinajstić information content (AvgIpc) is 2.45. The number of aromatic nitrogens is 1. The summed E-state index contributed by atoms with van der Waals surface area (Å²) in [4.78, 5) is 15.3. The van der Waals surface area contributed by atoms with E-state index in [9.17, 15) is 4.79 Å². The zero-order valence-corrected chi connectivity index (χ0v) is 11.0. The van der Waals surface area contributed by atoms with E-state index in [1.807, 2.05) is 24.3 Å². The van der Waals surface area contributed by atoms with Crippen LogP contribution >= 0.6 is 0 Å². The van der Waals surface area contributed by atoms with Gasteiger partial charge in [0.15, 0.2) is 0 Å². The number of primary amides is 1. The first-order chi connectivity index (χ1) is 9.61. The highest BCUT2D eigenvalue weighted by Gasteiger charge is 2.09. The third-order valence-corrected chi connectivity index (χ3v) is 3.07. The summed E-state index contributed by atoms with van der Waals surface area (Å²) < 4.78 is 0. The summed E-state index contributed by atoms with van der Waals surface area (Å²) in [6, 6.07) is 9.52. The van der Waals surface area contributed by atoms with Crippen molar-refractivity contribution in [1.82, 2.24) is 4.98 Å². The molecule has 0 aliphatic carbocycles. The molecule has 0 saturated carbocycles. The van der Waals surface area contributed by atoms with Crippen molar-refractivity contribution >= 4 is 11.7 Å². The minimum absolute atomic E-state index is 0.137. The smallest absolute Gasteiger partial charge is 0.252 e. The highest BCUT2D eigenvalue weighted by Crippen LogP contribution is 2.23. The summed E-state index contributed by atoms with van der Waals surface area (Å²) in [5.74, 6) is -0.453. The van der Waals surface area contributed by atoms with E-state index in [2.05, 4.69) is 4.98 Å². The van der Waals surface area contributed by atoms with Gasteiger partial charge >= 0.3 is 0 Å². The lowest BCUT2D eigenvalue weighted by Gasteiger charge is -2.07. The second-order valence-electron chi connectivity index (χ2n) is 4.55. The molecule has 0 bridgehead atoms. The van der Waals surface area contributed by atoms with E-state index in [4.69, 9.17) is 16.6 Å². The van der Waals surface area contributed by atoms with Crippen molar-refractivity contribution in [1.29, 1.82) is 0 Å². The van der Waals surface area contributed by atoms with Crippen molar-refractivity contribution < 1.29 is 9.90 Å². The van der Waals surface area contributed by atoms with Crippen LogP contribution in [0.2, 0.25) is 0 Å². The lowest BCUT2D eigenvalue weighted by Crippen LogP contribution is -2.14. The summed E-state index contributed by atoms with van der Waals surface area (Å²) in [7, 11) is 0. The first kappa shape index (κ1) is 14.0. The van der Waals surface area contributed by atoms with Crippen LogP contribution in [0.15, 0.2) is 36.5 Å². The molecule has 0 unspecified atom stereocenters. The second kappa shape index (κ2) is 6.16. The summed E-state index contributed by atoms with van der Waals surface area (Å²) >= 11 is 0. The molecule has 2 aromatic rings. The summed E-state index contributed by atoms with van der Waals surface area (Å²) in [6.07, 6.45) is 3.14. The van der Waals surface area contributed by atoms with Gasteiger partial charge in [0.25, 0.3) is 5.91 Å². The monoisotopic (exact) mass is 271 g/mol. The lowest BCUT2D eigenvalue weighted by molar-refractivity contribution is 0.100. The number of hydrogen-bond donors (Lipinski definition) is 3. The molecule has 0 aliphatic rings. The number of amides is 1. The molecule has 0 atom stereocenters. The molecule has 0 radical (unpaired) electrons. The van der Waals surface area contributed by atoms with E-state index in [1.54, 1.807) is 12.3 Å². The second-order valence-corrected chi connectivity index (χ2v) is 4.55. The molecule has 0 saturated heterocycles. The molecule has 5 heteroatoms. The molecule has 5 nitrogen and oxygen atoms in total. The molecular weight excluding hydrogens is 254 g/mol. The third kappa shape index (κ3) is 3.13. The maximum absolute atomic E-state index is 11.3. The van der Waals surface area contributed by atoms with E-state index < -0.39 is 5.91 Å². The number of nitrogen functional groups attached to an aromatic ring is 1. The third-order valence-electron chi connectivity index (χ3n) is 3.07. The van der Waals surface area contributed by atoms with Crippen LogP contribution in [0, 0.1) is 0 Å². The molecule has 0 spiro atoms. The first-order valence-electron chi connectivity index (χ1n) is 6.37. The quantitative estimate of drug-likeness (QED) is 0.763. The highest BCUT2D eigenvalue weighted by atomic mass is 16.2. The highest BCUT2D eigenvalue weighted by molar-refractivity contribution is 5.98. The Morgan fingerprint density at radius 3 is 2.75 bits per heavy atom. The summed E-state index contributed by atoms with van der Waals surface area (Å²) in [5.41, 5.74) is 14.0. The number of carbonyl (C=O) groups is 1. The minimum Gasteiger partial charge on any atom is -0.396 e. The van der Waals surface area contributed by atoms with Crippen molar-refractivity contribution in [2.75, 3.05) is 12.3 Å². The van der Waals surface area contributed by atoms with Crippen molar-refractivity contribution in [2.24, 2.45) is 5.73 Å². The van der Waals surface area contributed by atoms with Crippen LogP contribution in [-0.2, 0) is 6.42 Å². The van der Waals surface area contributed by atoms with Gasteiger partial charge in [-0.2, -0.15) is 0 Å². The molecule has 104 valence electrons. The Hall–Kier alpha value is -2.40. The topological polar surface area (TPSA) is 102 Å². The van der Waals surface area contributed by atoms with E-state index >= 15 is 0 Å². The number of carbonyl (C=O) groups excluding carboxylic acids is 1. The van der Waals surface area contributed by atoms with Crippen LogP contribution in [0.5, 0.6) is 0 Å². The number of nitrogens with zero attached hydrogens (tertiary/aromatic N) is 1. The van der Waals surface area contributed by atoms with Crippen LogP contribution in [0.25, 0.3) is 11.1 Å². The lowest BCUT2D eigenvalue weighted by atomic mass is 10.0. The number of anilines is 1. The van der Waals surface area contributed by atoms with Gasteiger partial charge in [-0.1, -0.05) is 24.3 Å². The van der Waals surface area contributed by atoms with Crippen LogP contribution in [0.1, 0.15) is 22.3 Å². The van der Waals surface area contributed by atoms with Crippen molar-refractivity contribution in [3.8, 4) is 11.1 Å². The molecule has 2 rings (SSSR count). The standard InChI is InChI=1S/C15H17N3O2/c16-14-13(15(17)20)8-12(9-18-14)11-5-1-3-10(7-11)4-2-6-19/h1,3,5,7-9,19H,2,4,6H2,(H2,16,18)(H2,17,20). The normalized spacial score (nSPS) is 10.4. The zero-order valence-electron chi connectivity index (χ0n) is 11.0. The Morgan fingerprint density at radius 2 is 2.05 bits per heavy atom. The van der Waals surface area contributed by atoms with Gasteiger partial charge in [0.1, 0.15) is 5.82 Å². The van der Waals surface area contributed by atoms with Gasteiger partial charge in [-0.25, -0.2) is 4.98 Å². The maximum atomic E-state index is 11.3. The maximum Gasteiger partial charge on any atom is 0.252 e. The summed E-state index contributed by atoms with van der Waals surface area (Å²) in [5, 5.41) is 8.87. The number of pyridine rings is 1. The van der Waals surface area contributed by atoms with Crippen molar-refractivity contribution in [3.05, 3.63) is 47.7 Å². The van der Waals surface area contributed by atoms with Crippen LogP contribution < -0.4 is 11.5 Å². The van der Waals surface area contributed by atoms with Gasteiger partial charge in [-0.15, -0.1) is 0 Å². The van der Waals surface area contributed by atoms with Crippen LogP contribution in [0.4, 0.5) is 5.82 Å². The number of aryl methyl sites for hydroxylation is 1. The minimum atomic E-state index is -0.590. The number of aliphatic hydroxyl groups is 1. The molecule has 1 amide bonds. The zero-order chi connectivity index (χ0) is 14.5. The number of benzene rings is 1. The van der Waals surface area contributed by atoms with Gasteiger partial charge in [0, 0.05) is 18.4 Å². The van der Waals surface area contributed by atoms with Gasteiger partial charge in [-0.05, 0) is 30.0 Å². The Bertz CT molecular complexity index is 626. The van der Waals surface area contributed by atoms with E-state index in [-0.39, 0.29) is 18.0 Å². The largest absolute Gasteiger partial charge is 0.396 e. The van der Waals surface area contributed by atoms with E-state index in [0.717, 1.165) is 29.5 Å². The number of hydrogen-bond acceptors (Lipinski definition) is 4. The van der Waals surface area contributed by atoms with Crippen molar-refractivity contribution in [2.45, 2.75) is 12.8 Å². The van der Waals surface area contributed by atoms with E-state index in [0.29, 0.717) is 0 Å². The number of nitrogens with two attached hydrogens (primary N) is 2. The van der Waals surface area contributed by atoms with Gasteiger partial charge in [0.2, 0.25) is 0 Å².